The number of aromatic nitrogens is 6. The lowest BCUT2D eigenvalue weighted by Gasteiger charge is -2.11. The Bertz CT molecular complexity index is 2100. The topological polar surface area (TPSA) is 165 Å². The molecule has 0 saturated heterocycles. The molecule has 5 rings (SSSR count). The minimum atomic E-state index is -0.590. The van der Waals surface area contributed by atoms with Gasteiger partial charge in [-0.25, -0.2) is 14.4 Å². The normalized spacial score (nSPS) is 10.4. The molecule has 17 heteroatoms. The summed E-state index contributed by atoms with van der Waals surface area (Å²) >= 11 is 28.6. The van der Waals surface area contributed by atoms with Crippen molar-refractivity contribution in [3.8, 4) is 0 Å². The zero-order valence-corrected chi connectivity index (χ0v) is 26.9. The Morgan fingerprint density at radius 1 is 0.578 bits per heavy atom. The van der Waals surface area contributed by atoms with E-state index in [1.165, 1.54) is 21.3 Å². The van der Waals surface area contributed by atoms with Crippen molar-refractivity contribution >= 4 is 58.0 Å². The van der Waals surface area contributed by atoms with E-state index in [0.29, 0.717) is 23.1 Å². The second-order valence-corrected chi connectivity index (χ2v) is 11.0. The number of aromatic amines is 3. The summed E-state index contributed by atoms with van der Waals surface area (Å²) < 4.78 is 3.77. The van der Waals surface area contributed by atoms with Gasteiger partial charge in [-0.3, -0.25) is 43.0 Å². The van der Waals surface area contributed by atoms with Crippen LogP contribution in [0.25, 0.3) is 0 Å². The summed E-state index contributed by atoms with van der Waals surface area (Å²) in [5.41, 5.74) is -1.17. The van der Waals surface area contributed by atoms with Crippen LogP contribution in [0.2, 0.25) is 25.5 Å². The molecule has 0 unspecified atom stereocenters. The van der Waals surface area contributed by atoms with Crippen LogP contribution in [-0.4, -0.2) is 28.7 Å². The molecule has 0 amide bonds. The number of halogens is 5. The van der Waals surface area contributed by atoms with Crippen LogP contribution in [0.5, 0.6) is 0 Å². The van der Waals surface area contributed by atoms with Crippen LogP contribution in [0.4, 0.5) is 0 Å². The number of hydrogen-bond acceptors (Lipinski definition) is 6. The molecule has 0 aliphatic heterocycles. The van der Waals surface area contributed by atoms with Gasteiger partial charge in [0.25, 0.3) is 16.7 Å². The highest BCUT2D eigenvalue weighted by molar-refractivity contribution is 6.31. The Kier molecular flexibility index (Phi) is 12.8. The first kappa shape index (κ1) is 35.4. The van der Waals surface area contributed by atoms with Crippen LogP contribution < -0.4 is 33.7 Å². The van der Waals surface area contributed by atoms with Gasteiger partial charge in [0.2, 0.25) is 0 Å². The largest absolute Gasteiger partial charge is 0.332 e. The van der Waals surface area contributed by atoms with Crippen molar-refractivity contribution in [2.45, 2.75) is 26.6 Å². The lowest BCUT2D eigenvalue weighted by atomic mass is 10.2. The fourth-order valence-electron chi connectivity index (χ4n) is 3.65. The SMILES string of the molecule is CCn1c(=O)cc(Cl)n(Cc2ccc(Cl)cc2)c1=O.O=c1cc(Cl)[nH]c(=O)[nH]1.O=c1cc(Cl)n(Cc2ccc(Cl)cc2)c(=O)[nH]1. The lowest BCUT2D eigenvalue weighted by molar-refractivity contribution is 0.598. The molecule has 0 spiro atoms. The number of rotatable bonds is 5. The Balaban J connectivity index is 0.000000195. The van der Waals surface area contributed by atoms with Gasteiger partial charge in [-0.05, 0) is 42.3 Å². The highest BCUT2D eigenvalue weighted by Gasteiger charge is 2.09. The van der Waals surface area contributed by atoms with Crippen LogP contribution in [0, 0.1) is 0 Å². The van der Waals surface area contributed by atoms with E-state index < -0.39 is 28.2 Å². The monoisotopic (exact) mass is 714 g/mol. The van der Waals surface area contributed by atoms with Gasteiger partial charge < -0.3 is 0 Å². The van der Waals surface area contributed by atoms with Crippen LogP contribution in [0.15, 0.2) is 95.5 Å². The summed E-state index contributed by atoms with van der Waals surface area (Å²) in [5.74, 6) is 0. The molecule has 3 heterocycles. The van der Waals surface area contributed by atoms with E-state index in [1.54, 1.807) is 43.3 Å². The third-order valence-corrected chi connectivity index (χ3v) is 7.10. The number of H-pyrrole nitrogens is 3. The fourth-order valence-corrected chi connectivity index (χ4v) is 4.54. The third-order valence-electron chi connectivity index (χ3n) is 5.76. The molecule has 0 saturated carbocycles. The summed E-state index contributed by atoms with van der Waals surface area (Å²) in [5, 5.41) is 1.53. The molecule has 0 atom stereocenters. The maximum Gasteiger partial charge on any atom is 0.332 e. The average Bonchev–Trinajstić information content (AvgIpc) is 2.95. The first-order valence-corrected chi connectivity index (χ1v) is 14.6. The molecule has 0 fully saturated rings. The van der Waals surface area contributed by atoms with E-state index >= 15 is 0 Å². The van der Waals surface area contributed by atoms with Crippen LogP contribution >= 0.6 is 58.0 Å². The second-order valence-electron chi connectivity index (χ2n) is 8.95. The van der Waals surface area contributed by atoms with Gasteiger partial charge in [0.1, 0.15) is 15.5 Å². The summed E-state index contributed by atoms with van der Waals surface area (Å²) in [6.07, 6.45) is 0. The van der Waals surface area contributed by atoms with Crippen molar-refractivity contribution in [1.82, 2.24) is 28.7 Å². The van der Waals surface area contributed by atoms with Crippen molar-refractivity contribution in [1.29, 1.82) is 0 Å². The maximum absolute atomic E-state index is 12.1. The Labute approximate surface area is 278 Å². The van der Waals surface area contributed by atoms with Crippen molar-refractivity contribution < 1.29 is 0 Å². The van der Waals surface area contributed by atoms with Gasteiger partial charge in [0.15, 0.2) is 0 Å². The van der Waals surface area contributed by atoms with E-state index in [-0.39, 0.29) is 27.6 Å². The van der Waals surface area contributed by atoms with Gasteiger partial charge in [-0.2, -0.15) is 0 Å². The molecule has 0 aliphatic rings. The highest BCUT2D eigenvalue weighted by Crippen LogP contribution is 2.13. The molecule has 5 aromatic rings. The van der Waals surface area contributed by atoms with E-state index in [4.69, 9.17) is 58.0 Å². The predicted molar refractivity (Wildman–Crippen MR) is 176 cm³/mol. The standard InChI is InChI=1S/C13H12Cl2N2O2.C11H8Cl2N2O2.C4H3ClN2O2/c1-2-16-12(18)7-11(15)17(13(16)19)8-9-3-5-10(14)6-4-9;12-8-3-1-7(2-4-8)6-15-9(13)5-10(16)14-11(15)17;5-2-1-3(8)7-4(9)6-2/h3-7H,2,8H2,1H3;1-5H,6H2,(H,14,16,17);1H,(H2,6,7,8,9). The van der Waals surface area contributed by atoms with Crippen molar-refractivity contribution in [2.75, 3.05) is 0 Å². The van der Waals surface area contributed by atoms with Gasteiger partial charge in [0.05, 0.1) is 13.1 Å². The zero-order chi connectivity index (χ0) is 33.3. The number of nitrogens with one attached hydrogen (secondary N) is 3. The quantitative estimate of drug-likeness (QED) is 0.233. The molecule has 0 radical (unpaired) electrons. The molecule has 3 N–H and O–H groups in total. The van der Waals surface area contributed by atoms with E-state index in [9.17, 15) is 28.8 Å². The molecule has 45 heavy (non-hydrogen) atoms. The molecule has 12 nitrogen and oxygen atoms in total. The molecule has 3 aromatic heterocycles. The molecule has 0 bridgehead atoms. The number of benzene rings is 2. The Hall–Kier alpha value is -4.07. The maximum atomic E-state index is 12.1. The van der Waals surface area contributed by atoms with E-state index in [2.05, 4.69) is 9.97 Å². The van der Waals surface area contributed by atoms with Gasteiger partial charge in [-0.1, -0.05) is 82.3 Å². The van der Waals surface area contributed by atoms with Gasteiger partial charge in [0, 0.05) is 34.8 Å². The van der Waals surface area contributed by atoms with Crippen LogP contribution in [0.1, 0.15) is 18.1 Å². The minimum absolute atomic E-state index is 0.0451. The Morgan fingerprint density at radius 2 is 1.07 bits per heavy atom. The lowest BCUT2D eigenvalue weighted by Crippen LogP contribution is -2.39. The number of hydrogen-bond donors (Lipinski definition) is 3. The summed E-state index contributed by atoms with van der Waals surface area (Å²) in [7, 11) is 0. The zero-order valence-electron chi connectivity index (χ0n) is 23.2. The van der Waals surface area contributed by atoms with E-state index in [1.807, 2.05) is 17.1 Å². The van der Waals surface area contributed by atoms with Gasteiger partial charge >= 0.3 is 17.1 Å². The number of nitrogens with zero attached hydrogens (tertiary/aromatic N) is 3. The van der Waals surface area contributed by atoms with Crippen molar-refractivity contribution in [3.63, 3.8) is 0 Å². The molecule has 0 aliphatic carbocycles. The molecule has 236 valence electrons. The van der Waals surface area contributed by atoms with Crippen molar-refractivity contribution in [3.05, 3.63) is 166 Å². The second kappa shape index (κ2) is 16.3. The van der Waals surface area contributed by atoms with E-state index in [0.717, 1.165) is 21.8 Å². The van der Waals surface area contributed by atoms with Crippen molar-refractivity contribution in [2.24, 2.45) is 0 Å². The summed E-state index contributed by atoms with van der Waals surface area (Å²) in [6.45, 7) is 2.64. The Morgan fingerprint density at radius 3 is 1.53 bits per heavy atom. The van der Waals surface area contributed by atoms with Gasteiger partial charge in [-0.15, -0.1) is 0 Å². The molecular weight excluding hydrogens is 694 g/mol. The first-order chi connectivity index (χ1) is 21.3. The average molecular weight is 717 g/mol. The molecular formula is C28H23Cl5N6O6. The summed E-state index contributed by atoms with van der Waals surface area (Å²) in [6, 6.07) is 17.6. The first-order valence-electron chi connectivity index (χ1n) is 12.7. The fraction of sp³-hybridized carbons (Fsp3) is 0.143. The molecule has 2 aromatic carbocycles. The minimum Gasteiger partial charge on any atom is -0.298 e. The highest BCUT2D eigenvalue weighted by atomic mass is 35.5. The summed E-state index contributed by atoms with van der Waals surface area (Å²) in [4.78, 5) is 73.2. The van der Waals surface area contributed by atoms with Crippen LogP contribution in [-0.2, 0) is 19.6 Å². The third kappa shape index (κ3) is 10.5. The smallest absolute Gasteiger partial charge is 0.298 e. The van der Waals surface area contributed by atoms with Crippen LogP contribution in [0.3, 0.4) is 0 Å². The predicted octanol–water partition coefficient (Wildman–Crippen LogP) is 3.99.